The number of carbonyl (C=O) groups excluding carboxylic acids is 1. The van der Waals surface area contributed by atoms with Gasteiger partial charge in [-0.05, 0) is 62.8 Å². The Bertz CT molecular complexity index is 646. The molecule has 0 aliphatic heterocycles. The number of nitrogens with zero attached hydrogens (tertiary/aromatic N) is 1. The number of ether oxygens (including phenoxy) is 1. The highest BCUT2D eigenvalue weighted by Gasteiger charge is 2.25. The monoisotopic (exact) mass is 314 g/mol. The van der Waals surface area contributed by atoms with Crippen LogP contribution < -0.4 is 5.32 Å². The molecule has 0 aliphatic carbocycles. The number of allylic oxidation sites excluding steroid dienone is 1. The first kappa shape index (κ1) is 18.8. The van der Waals surface area contributed by atoms with Crippen LogP contribution in [0.15, 0.2) is 30.5 Å². The van der Waals surface area contributed by atoms with Crippen molar-refractivity contribution in [1.82, 2.24) is 5.32 Å². The van der Waals surface area contributed by atoms with Crippen molar-refractivity contribution in [2.45, 2.75) is 59.0 Å². The predicted molar refractivity (Wildman–Crippen MR) is 92.0 cm³/mol. The first-order valence-electron chi connectivity index (χ1n) is 7.63. The van der Waals surface area contributed by atoms with E-state index >= 15 is 0 Å². The Morgan fingerprint density at radius 1 is 1.30 bits per heavy atom. The molecule has 1 N–H and O–H groups in total. The molecule has 0 heterocycles. The zero-order valence-electron chi connectivity index (χ0n) is 14.9. The van der Waals surface area contributed by atoms with Gasteiger partial charge in [-0.1, -0.05) is 26.5 Å². The molecule has 4 nitrogen and oxygen atoms in total. The van der Waals surface area contributed by atoms with Crippen molar-refractivity contribution in [3.8, 4) is 6.07 Å². The molecule has 124 valence electrons. The number of hydrogen-bond donors (Lipinski definition) is 1. The van der Waals surface area contributed by atoms with E-state index in [2.05, 4.69) is 31.8 Å². The van der Waals surface area contributed by atoms with E-state index in [9.17, 15) is 4.79 Å². The molecule has 0 atom stereocenters. The summed E-state index contributed by atoms with van der Waals surface area (Å²) in [7, 11) is 0. The fourth-order valence-corrected chi connectivity index (χ4v) is 2.61. The second-order valence-corrected chi connectivity index (χ2v) is 7.43. The Kier molecular flexibility index (Phi) is 5.60. The number of carbonyl (C=O) groups is 1. The molecular formula is C19H26N2O2. The SMILES string of the molecule is C=C(CC(C)(C)c1ccc(C#N)cc1C)NC(=O)OC(C)(C)C. The maximum atomic E-state index is 11.8. The van der Waals surface area contributed by atoms with Gasteiger partial charge in [-0.15, -0.1) is 0 Å². The van der Waals surface area contributed by atoms with Gasteiger partial charge in [-0.2, -0.15) is 5.26 Å². The molecule has 23 heavy (non-hydrogen) atoms. The van der Waals surface area contributed by atoms with Gasteiger partial charge in [-0.25, -0.2) is 4.79 Å². The van der Waals surface area contributed by atoms with E-state index in [1.54, 1.807) is 0 Å². The van der Waals surface area contributed by atoms with Gasteiger partial charge in [0.2, 0.25) is 0 Å². The van der Waals surface area contributed by atoms with Crippen LogP contribution in [-0.4, -0.2) is 11.7 Å². The van der Waals surface area contributed by atoms with Gasteiger partial charge in [0.05, 0.1) is 11.6 Å². The molecule has 0 aromatic heterocycles. The van der Waals surface area contributed by atoms with Gasteiger partial charge in [0.1, 0.15) is 5.60 Å². The van der Waals surface area contributed by atoms with Crippen LogP contribution >= 0.6 is 0 Å². The number of benzene rings is 1. The van der Waals surface area contributed by atoms with Crippen LogP contribution in [0.3, 0.4) is 0 Å². The third-order valence-corrected chi connectivity index (χ3v) is 3.42. The van der Waals surface area contributed by atoms with E-state index in [1.165, 1.54) is 0 Å². The molecule has 1 aromatic rings. The minimum absolute atomic E-state index is 0.218. The van der Waals surface area contributed by atoms with Crippen molar-refractivity contribution in [3.63, 3.8) is 0 Å². The van der Waals surface area contributed by atoms with Crippen molar-refractivity contribution in [3.05, 3.63) is 47.2 Å². The van der Waals surface area contributed by atoms with Crippen LogP contribution in [0.4, 0.5) is 4.79 Å². The van der Waals surface area contributed by atoms with Crippen LogP contribution in [0.25, 0.3) is 0 Å². The lowest BCUT2D eigenvalue weighted by molar-refractivity contribution is 0.0543. The highest BCUT2D eigenvalue weighted by molar-refractivity contribution is 5.69. The lowest BCUT2D eigenvalue weighted by Crippen LogP contribution is -2.33. The molecule has 0 unspecified atom stereocenters. The van der Waals surface area contributed by atoms with E-state index in [1.807, 2.05) is 45.9 Å². The van der Waals surface area contributed by atoms with E-state index in [4.69, 9.17) is 10.00 Å². The van der Waals surface area contributed by atoms with Crippen LogP contribution in [0.1, 0.15) is 57.7 Å². The highest BCUT2D eigenvalue weighted by atomic mass is 16.6. The van der Waals surface area contributed by atoms with E-state index in [0.717, 1.165) is 11.1 Å². The molecule has 0 radical (unpaired) electrons. The molecule has 4 heteroatoms. The predicted octanol–water partition coefficient (Wildman–Crippen LogP) is 4.57. The van der Waals surface area contributed by atoms with Gasteiger partial charge in [0.25, 0.3) is 0 Å². The van der Waals surface area contributed by atoms with E-state index in [0.29, 0.717) is 17.7 Å². The first-order valence-corrected chi connectivity index (χ1v) is 7.63. The van der Waals surface area contributed by atoms with Crippen LogP contribution in [-0.2, 0) is 10.2 Å². The van der Waals surface area contributed by atoms with Gasteiger partial charge in [-0.3, -0.25) is 5.32 Å². The van der Waals surface area contributed by atoms with Crippen molar-refractivity contribution in [2.75, 3.05) is 0 Å². The van der Waals surface area contributed by atoms with E-state index in [-0.39, 0.29) is 5.41 Å². The number of amides is 1. The summed E-state index contributed by atoms with van der Waals surface area (Å²) in [5.74, 6) is 0. The van der Waals surface area contributed by atoms with Crippen molar-refractivity contribution in [1.29, 1.82) is 5.26 Å². The molecule has 0 bridgehead atoms. The minimum Gasteiger partial charge on any atom is -0.444 e. The number of aryl methyl sites for hydroxylation is 1. The zero-order valence-corrected chi connectivity index (χ0v) is 14.9. The van der Waals surface area contributed by atoms with Crippen molar-refractivity contribution in [2.24, 2.45) is 0 Å². The summed E-state index contributed by atoms with van der Waals surface area (Å²) in [6.07, 6.45) is 0.0914. The van der Waals surface area contributed by atoms with E-state index < -0.39 is 11.7 Å². The van der Waals surface area contributed by atoms with Crippen LogP contribution in [0.2, 0.25) is 0 Å². The number of nitrogens with one attached hydrogen (secondary N) is 1. The summed E-state index contributed by atoms with van der Waals surface area (Å²) in [6.45, 7) is 15.6. The number of alkyl carbamates (subject to hydrolysis) is 1. The molecule has 0 fully saturated rings. The summed E-state index contributed by atoms with van der Waals surface area (Å²) in [5.41, 5.74) is 2.68. The topological polar surface area (TPSA) is 62.1 Å². The Labute approximate surface area is 139 Å². The summed E-state index contributed by atoms with van der Waals surface area (Å²) in [6, 6.07) is 7.80. The summed E-state index contributed by atoms with van der Waals surface area (Å²) >= 11 is 0. The smallest absolute Gasteiger partial charge is 0.411 e. The number of rotatable bonds is 4. The van der Waals surface area contributed by atoms with Crippen molar-refractivity contribution < 1.29 is 9.53 Å². The highest BCUT2D eigenvalue weighted by Crippen LogP contribution is 2.32. The van der Waals surface area contributed by atoms with Gasteiger partial charge in [0.15, 0.2) is 0 Å². The molecule has 1 aromatic carbocycles. The zero-order chi connectivity index (χ0) is 17.8. The Morgan fingerprint density at radius 2 is 1.91 bits per heavy atom. The van der Waals surface area contributed by atoms with Crippen LogP contribution in [0.5, 0.6) is 0 Å². The molecule has 0 saturated carbocycles. The fourth-order valence-electron chi connectivity index (χ4n) is 2.61. The summed E-state index contributed by atoms with van der Waals surface area (Å²) in [4.78, 5) is 11.8. The Balaban J connectivity index is 2.80. The maximum Gasteiger partial charge on any atom is 0.411 e. The molecule has 0 spiro atoms. The molecular weight excluding hydrogens is 288 g/mol. The van der Waals surface area contributed by atoms with Gasteiger partial charge >= 0.3 is 6.09 Å². The van der Waals surface area contributed by atoms with Gasteiger partial charge < -0.3 is 4.74 Å². The average molecular weight is 314 g/mol. The lowest BCUT2D eigenvalue weighted by atomic mass is 9.78. The second kappa shape index (κ2) is 6.87. The third-order valence-electron chi connectivity index (χ3n) is 3.42. The minimum atomic E-state index is -0.538. The largest absolute Gasteiger partial charge is 0.444 e. The third kappa shape index (κ3) is 5.78. The molecule has 1 rings (SSSR count). The normalized spacial score (nSPS) is 11.5. The fraction of sp³-hybridized carbons (Fsp3) is 0.474. The maximum absolute atomic E-state index is 11.8. The number of nitriles is 1. The van der Waals surface area contributed by atoms with Gasteiger partial charge in [0, 0.05) is 5.70 Å². The van der Waals surface area contributed by atoms with Crippen LogP contribution in [0, 0.1) is 18.3 Å². The first-order chi connectivity index (χ1) is 10.4. The summed E-state index contributed by atoms with van der Waals surface area (Å²) in [5, 5.41) is 11.7. The number of hydrogen-bond acceptors (Lipinski definition) is 3. The quantitative estimate of drug-likeness (QED) is 0.885. The lowest BCUT2D eigenvalue weighted by Gasteiger charge is -2.29. The second-order valence-electron chi connectivity index (χ2n) is 7.43. The molecule has 0 saturated heterocycles. The Hall–Kier alpha value is -2.28. The molecule has 0 aliphatic rings. The summed E-state index contributed by atoms with van der Waals surface area (Å²) < 4.78 is 5.24. The Morgan fingerprint density at radius 3 is 2.39 bits per heavy atom. The van der Waals surface area contributed by atoms with Crippen molar-refractivity contribution >= 4 is 6.09 Å². The average Bonchev–Trinajstić information content (AvgIpc) is 2.34. The molecule has 1 amide bonds. The standard InChI is InChI=1S/C19H26N2O2/c1-13-10-15(12-20)8-9-16(13)19(6,7)11-14(2)21-17(22)23-18(3,4)5/h8-10H,2,11H2,1,3-7H3,(H,21,22).